The van der Waals surface area contributed by atoms with Crippen LogP contribution in [0, 0.1) is 0 Å². The molecular weight excluding hydrogens is 242 g/mol. The van der Waals surface area contributed by atoms with Gasteiger partial charge < -0.3 is 9.47 Å². The van der Waals surface area contributed by atoms with E-state index in [9.17, 15) is 4.79 Å². The Morgan fingerprint density at radius 1 is 1.41 bits per heavy atom. The van der Waals surface area contributed by atoms with Crippen molar-refractivity contribution < 1.29 is 14.3 Å². The number of esters is 1. The number of halogens is 1. The summed E-state index contributed by atoms with van der Waals surface area (Å²) >= 11 is 5.75. The van der Waals surface area contributed by atoms with Crippen LogP contribution in [0.1, 0.15) is 38.1 Å². The van der Waals surface area contributed by atoms with Gasteiger partial charge in [0.1, 0.15) is 16.3 Å². The molecular formula is C12H16ClNO3. The molecule has 1 aromatic rings. The minimum atomic E-state index is -0.555. The van der Waals surface area contributed by atoms with Crippen molar-refractivity contribution in [2.45, 2.75) is 33.3 Å². The summed E-state index contributed by atoms with van der Waals surface area (Å²) in [6.07, 6.45) is 0. The maximum Gasteiger partial charge on any atom is 0.344 e. The summed E-state index contributed by atoms with van der Waals surface area (Å²) in [5.41, 5.74) is -0.272. The fourth-order valence-electron chi connectivity index (χ4n) is 1.15. The molecule has 1 aromatic heterocycles. The Kier molecular flexibility index (Phi) is 4.34. The Labute approximate surface area is 106 Å². The van der Waals surface area contributed by atoms with Gasteiger partial charge in [0, 0.05) is 0 Å². The number of rotatable bonds is 3. The normalized spacial score (nSPS) is 11.1. The van der Waals surface area contributed by atoms with E-state index in [-0.39, 0.29) is 16.6 Å². The van der Waals surface area contributed by atoms with Gasteiger partial charge in [0.05, 0.1) is 6.61 Å². The molecule has 0 saturated heterocycles. The molecule has 0 radical (unpaired) electrons. The summed E-state index contributed by atoms with van der Waals surface area (Å²) in [5.74, 6) is -0.264. The number of aromatic nitrogens is 1. The van der Waals surface area contributed by atoms with Crippen LogP contribution >= 0.6 is 11.6 Å². The van der Waals surface area contributed by atoms with Crippen molar-refractivity contribution in [3.63, 3.8) is 0 Å². The Bertz CT molecular complexity index is 413. The smallest absolute Gasteiger partial charge is 0.344 e. The average molecular weight is 258 g/mol. The molecule has 0 amide bonds. The highest BCUT2D eigenvalue weighted by molar-refractivity contribution is 6.29. The fraction of sp³-hybridized carbons (Fsp3) is 0.500. The molecule has 0 unspecified atom stereocenters. The van der Waals surface area contributed by atoms with Gasteiger partial charge in [-0.3, -0.25) is 0 Å². The van der Waals surface area contributed by atoms with Crippen molar-refractivity contribution in [3.05, 3.63) is 22.8 Å². The monoisotopic (exact) mass is 257 g/mol. The molecule has 0 saturated carbocycles. The van der Waals surface area contributed by atoms with E-state index in [4.69, 9.17) is 21.1 Å². The highest BCUT2D eigenvalue weighted by Crippen LogP contribution is 2.22. The fourth-order valence-corrected chi connectivity index (χ4v) is 1.29. The van der Waals surface area contributed by atoms with Crippen molar-refractivity contribution in [1.82, 2.24) is 4.98 Å². The highest BCUT2D eigenvalue weighted by atomic mass is 35.5. The van der Waals surface area contributed by atoms with Crippen LogP contribution in [0.15, 0.2) is 12.1 Å². The van der Waals surface area contributed by atoms with Crippen LogP contribution in [0.25, 0.3) is 0 Å². The number of hydrogen-bond acceptors (Lipinski definition) is 4. The van der Waals surface area contributed by atoms with Gasteiger partial charge in [-0.05, 0) is 39.8 Å². The van der Waals surface area contributed by atoms with Crippen molar-refractivity contribution in [2.24, 2.45) is 0 Å². The second-order valence-corrected chi connectivity index (χ2v) is 4.81. The van der Waals surface area contributed by atoms with Crippen LogP contribution in [-0.2, 0) is 4.74 Å². The molecule has 0 aliphatic carbocycles. The molecule has 0 atom stereocenters. The van der Waals surface area contributed by atoms with Gasteiger partial charge in [0.25, 0.3) is 0 Å². The lowest BCUT2D eigenvalue weighted by atomic mass is 10.2. The lowest BCUT2D eigenvalue weighted by molar-refractivity contribution is 0.00652. The van der Waals surface area contributed by atoms with Gasteiger partial charge in [-0.2, -0.15) is 0 Å². The first-order valence-corrected chi connectivity index (χ1v) is 5.74. The van der Waals surface area contributed by atoms with E-state index >= 15 is 0 Å². The highest BCUT2D eigenvalue weighted by Gasteiger charge is 2.22. The van der Waals surface area contributed by atoms with Gasteiger partial charge >= 0.3 is 5.97 Å². The van der Waals surface area contributed by atoms with Crippen molar-refractivity contribution in [2.75, 3.05) is 6.61 Å². The summed E-state index contributed by atoms with van der Waals surface area (Å²) in [4.78, 5) is 15.8. The number of hydrogen-bond donors (Lipinski definition) is 0. The molecule has 17 heavy (non-hydrogen) atoms. The zero-order valence-corrected chi connectivity index (χ0v) is 11.2. The van der Waals surface area contributed by atoms with Gasteiger partial charge in [-0.25, -0.2) is 9.78 Å². The third-order valence-electron chi connectivity index (χ3n) is 1.73. The number of carbonyl (C=O) groups excluding carboxylic acids is 1. The molecule has 4 nitrogen and oxygen atoms in total. The second kappa shape index (κ2) is 5.36. The maximum absolute atomic E-state index is 11.9. The maximum atomic E-state index is 11.9. The lowest BCUT2D eigenvalue weighted by Gasteiger charge is -2.20. The van der Waals surface area contributed by atoms with Crippen LogP contribution in [0.3, 0.4) is 0 Å². The number of pyridine rings is 1. The second-order valence-electron chi connectivity index (χ2n) is 4.42. The standard InChI is InChI=1S/C12H16ClNO3/c1-5-16-10-8(6-7-9(13)14-10)11(15)17-12(2,3)4/h6-7H,5H2,1-4H3. The van der Waals surface area contributed by atoms with Crippen molar-refractivity contribution >= 4 is 17.6 Å². The van der Waals surface area contributed by atoms with Crippen LogP contribution in [0.2, 0.25) is 5.15 Å². The van der Waals surface area contributed by atoms with E-state index in [0.717, 1.165) is 0 Å². The molecule has 5 heteroatoms. The summed E-state index contributed by atoms with van der Waals surface area (Å²) in [6, 6.07) is 3.08. The minimum absolute atomic E-state index is 0.203. The lowest BCUT2D eigenvalue weighted by Crippen LogP contribution is -2.24. The number of nitrogens with zero attached hydrogens (tertiary/aromatic N) is 1. The van der Waals surface area contributed by atoms with E-state index in [2.05, 4.69) is 4.98 Å². The summed E-state index contributed by atoms with van der Waals surface area (Å²) in [7, 11) is 0. The predicted molar refractivity (Wildman–Crippen MR) is 65.6 cm³/mol. The molecule has 0 aliphatic heterocycles. The molecule has 0 spiro atoms. The molecule has 0 bridgehead atoms. The minimum Gasteiger partial charge on any atom is -0.477 e. The molecule has 1 rings (SSSR count). The van der Waals surface area contributed by atoms with E-state index in [0.29, 0.717) is 6.61 Å². The van der Waals surface area contributed by atoms with Gasteiger partial charge in [0.2, 0.25) is 5.88 Å². The van der Waals surface area contributed by atoms with Crippen LogP contribution in [-0.4, -0.2) is 23.2 Å². The molecule has 94 valence electrons. The third-order valence-corrected chi connectivity index (χ3v) is 1.94. The zero-order chi connectivity index (χ0) is 13.1. The third kappa shape index (κ3) is 4.23. The molecule has 0 N–H and O–H groups in total. The van der Waals surface area contributed by atoms with E-state index in [1.807, 2.05) is 6.92 Å². The van der Waals surface area contributed by atoms with Gasteiger partial charge in [-0.1, -0.05) is 11.6 Å². The topological polar surface area (TPSA) is 48.4 Å². The van der Waals surface area contributed by atoms with Gasteiger partial charge in [-0.15, -0.1) is 0 Å². The number of ether oxygens (including phenoxy) is 2. The predicted octanol–water partition coefficient (Wildman–Crippen LogP) is 3.09. The Hall–Kier alpha value is -1.29. The first-order valence-electron chi connectivity index (χ1n) is 5.36. The molecule has 1 heterocycles. The average Bonchev–Trinajstić information content (AvgIpc) is 2.15. The van der Waals surface area contributed by atoms with Gasteiger partial charge in [0.15, 0.2) is 0 Å². The van der Waals surface area contributed by atoms with Crippen LogP contribution in [0.5, 0.6) is 5.88 Å². The van der Waals surface area contributed by atoms with Crippen molar-refractivity contribution in [3.8, 4) is 5.88 Å². The van der Waals surface area contributed by atoms with Crippen LogP contribution in [0.4, 0.5) is 0 Å². The molecule has 0 aromatic carbocycles. The largest absolute Gasteiger partial charge is 0.477 e. The van der Waals surface area contributed by atoms with Crippen molar-refractivity contribution in [1.29, 1.82) is 0 Å². The molecule has 0 fully saturated rings. The SMILES string of the molecule is CCOc1nc(Cl)ccc1C(=O)OC(C)(C)C. The first kappa shape index (κ1) is 13.8. The van der Waals surface area contributed by atoms with E-state index in [1.165, 1.54) is 6.07 Å². The first-order chi connectivity index (χ1) is 7.83. The molecule has 0 aliphatic rings. The van der Waals surface area contributed by atoms with E-state index in [1.54, 1.807) is 26.8 Å². The summed E-state index contributed by atoms with van der Waals surface area (Å²) in [6.45, 7) is 7.61. The Morgan fingerprint density at radius 3 is 2.59 bits per heavy atom. The Balaban J connectivity index is 3.00. The van der Waals surface area contributed by atoms with Crippen LogP contribution < -0.4 is 4.74 Å². The number of carbonyl (C=O) groups is 1. The quantitative estimate of drug-likeness (QED) is 0.617. The summed E-state index contributed by atoms with van der Waals surface area (Å²) in [5, 5.41) is 0.278. The summed E-state index contributed by atoms with van der Waals surface area (Å²) < 4.78 is 10.5. The zero-order valence-electron chi connectivity index (χ0n) is 10.4. The Morgan fingerprint density at radius 2 is 2.06 bits per heavy atom. The van der Waals surface area contributed by atoms with E-state index < -0.39 is 11.6 Å².